The van der Waals surface area contributed by atoms with E-state index in [1.54, 1.807) is 12.3 Å². The van der Waals surface area contributed by atoms with E-state index in [1.165, 1.54) is 0 Å². The second-order valence-corrected chi connectivity index (χ2v) is 8.05. The van der Waals surface area contributed by atoms with Gasteiger partial charge in [0.25, 0.3) is 0 Å². The van der Waals surface area contributed by atoms with Crippen molar-refractivity contribution < 1.29 is 9.90 Å². The molecule has 2 aromatic carbocycles. The summed E-state index contributed by atoms with van der Waals surface area (Å²) in [4.78, 5) is 18.3. The molecule has 1 aliphatic heterocycles. The average Bonchev–Trinajstić information content (AvgIpc) is 2.70. The molecule has 0 radical (unpaired) electrons. The van der Waals surface area contributed by atoms with Gasteiger partial charge in [-0.3, -0.25) is 9.78 Å². The number of carbonyl (C=O) groups is 1. The molecule has 1 fully saturated rings. The van der Waals surface area contributed by atoms with E-state index < -0.39 is 5.97 Å². The Hall–Kier alpha value is -2.30. The number of benzene rings is 2. The molecule has 1 saturated heterocycles. The van der Waals surface area contributed by atoms with Crippen LogP contribution in [0.5, 0.6) is 0 Å². The van der Waals surface area contributed by atoms with Gasteiger partial charge in [0.1, 0.15) is 0 Å². The summed E-state index contributed by atoms with van der Waals surface area (Å²) in [5.74, 6) is -1.08. The zero-order chi connectivity index (χ0) is 19.8. The summed E-state index contributed by atoms with van der Waals surface area (Å²) in [5, 5.41) is 11.5. The Balaban J connectivity index is 1.91. The molecule has 1 aromatic heterocycles. The van der Waals surface area contributed by atoms with E-state index in [9.17, 15) is 9.90 Å². The summed E-state index contributed by atoms with van der Waals surface area (Å²) in [5.41, 5.74) is 4.98. The third kappa shape index (κ3) is 3.43. The van der Waals surface area contributed by atoms with Crippen LogP contribution in [0.3, 0.4) is 0 Å². The van der Waals surface area contributed by atoms with Crippen molar-refractivity contribution in [2.45, 2.75) is 19.8 Å². The third-order valence-corrected chi connectivity index (χ3v) is 6.15. The Kier molecular flexibility index (Phi) is 5.17. The van der Waals surface area contributed by atoms with Crippen LogP contribution < -0.4 is 4.90 Å². The van der Waals surface area contributed by atoms with E-state index in [-0.39, 0.29) is 5.92 Å². The van der Waals surface area contributed by atoms with Crippen molar-refractivity contribution in [3.8, 4) is 11.1 Å². The first-order valence-electron chi connectivity index (χ1n) is 9.27. The smallest absolute Gasteiger partial charge is 0.308 e. The van der Waals surface area contributed by atoms with Crippen molar-refractivity contribution in [3.63, 3.8) is 0 Å². The molecule has 1 atom stereocenters. The van der Waals surface area contributed by atoms with Crippen LogP contribution in [-0.4, -0.2) is 29.1 Å². The second kappa shape index (κ2) is 7.61. The first-order chi connectivity index (χ1) is 13.5. The number of piperidine rings is 1. The molecular weight excluding hydrogens is 395 g/mol. The lowest BCUT2D eigenvalue weighted by molar-refractivity contribution is -0.141. The summed E-state index contributed by atoms with van der Waals surface area (Å²) in [7, 11) is 0. The molecule has 0 saturated carbocycles. The second-order valence-electron chi connectivity index (χ2n) is 7.24. The van der Waals surface area contributed by atoms with E-state index in [0.29, 0.717) is 23.0 Å². The van der Waals surface area contributed by atoms with Gasteiger partial charge in [-0.05, 0) is 54.7 Å². The summed E-state index contributed by atoms with van der Waals surface area (Å²) >= 11 is 12.4. The molecule has 1 unspecified atom stereocenters. The van der Waals surface area contributed by atoms with Crippen molar-refractivity contribution in [3.05, 3.63) is 58.2 Å². The fraction of sp³-hybridized carbons (Fsp3) is 0.273. The van der Waals surface area contributed by atoms with Gasteiger partial charge in [-0.1, -0.05) is 41.4 Å². The number of hydrogen-bond donors (Lipinski definition) is 1. The van der Waals surface area contributed by atoms with E-state index in [1.807, 2.05) is 31.2 Å². The van der Waals surface area contributed by atoms with E-state index in [4.69, 9.17) is 23.2 Å². The van der Waals surface area contributed by atoms with Gasteiger partial charge in [0, 0.05) is 30.4 Å². The fourth-order valence-corrected chi connectivity index (χ4v) is 4.25. The van der Waals surface area contributed by atoms with E-state index in [0.717, 1.165) is 46.2 Å². The molecule has 0 amide bonds. The SMILES string of the molecule is Cc1ccc(-c2ccc(Cl)c(Cl)c2)c2c(N3CCCC(C(=O)O)C3)ccnc12. The van der Waals surface area contributed by atoms with Gasteiger partial charge in [-0.15, -0.1) is 0 Å². The topological polar surface area (TPSA) is 53.4 Å². The van der Waals surface area contributed by atoms with Crippen LogP contribution in [0, 0.1) is 12.8 Å². The van der Waals surface area contributed by atoms with Crippen LogP contribution in [0.15, 0.2) is 42.6 Å². The molecule has 1 N–H and O–H groups in total. The lowest BCUT2D eigenvalue weighted by Crippen LogP contribution is -2.38. The molecule has 0 aliphatic carbocycles. The Bertz CT molecular complexity index is 1070. The highest BCUT2D eigenvalue weighted by Gasteiger charge is 2.27. The number of pyridine rings is 1. The van der Waals surface area contributed by atoms with Crippen molar-refractivity contribution in [1.29, 1.82) is 0 Å². The van der Waals surface area contributed by atoms with Crippen LogP contribution in [0.2, 0.25) is 10.0 Å². The predicted molar refractivity (Wildman–Crippen MR) is 115 cm³/mol. The van der Waals surface area contributed by atoms with E-state index in [2.05, 4.69) is 16.0 Å². The number of nitrogens with zero attached hydrogens (tertiary/aromatic N) is 2. The van der Waals surface area contributed by atoms with Crippen LogP contribution in [0.25, 0.3) is 22.0 Å². The van der Waals surface area contributed by atoms with E-state index >= 15 is 0 Å². The van der Waals surface area contributed by atoms with Gasteiger partial charge in [0.2, 0.25) is 0 Å². The molecule has 2 heterocycles. The van der Waals surface area contributed by atoms with Crippen molar-refractivity contribution >= 4 is 45.8 Å². The minimum absolute atomic E-state index is 0.352. The normalized spacial score (nSPS) is 17.1. The average molecular weight is 415 g/mol. The summed E-state index contributed by atoms with van der Waals surface area (Å²) < 4.78 is 0. The first-order valence-corrected chi connectivity index (χ1v) is 10.0. The maximum atomic E-state index is 11.5. The highest BCUT2D eigenvalue weighted by atomic mass is 35.5. The molecule has 3 aromatic rings. The third-order valence-electron chi connectivity index (χ3n) is 5.41. The fourth-order valence-electron chi connectivity index (χ4n) is 3.95. The number of hydrogen-bond acceptors (Lipinski definition) is 3. The lowest BCUT2D eigenvalue weighted by atomic mass is 9.94. The number of anilines is 1. The number of aliphatic carboxylic acids is 1. The van der Waals surface area contributed by atoms with Gasteiger partial charge in [0.05, 0.1) is 21.5 Å². The minimum Gasteiger partial charge on any atom is -0.481 e. The van der Waals surface area contributed by atoms with Gasteiger partial charge in [0.15, 0.2) is 0 Å². The van der Waals surface area contributed by atoms with Gasteiger partial charge in [-0.25, -0.2) is 0 Å². The van der Waals surface area contributed by atoms with Crippen LogP contribution in [-0.2, 0) is 4.79 Å². The van der Waals surface area contributed by atoms with Gasteiger partial charge < -0.3 is 10.0 Å². The highest BCUT2D eigenvalue weighted by molar-refractivity contribution is 6.42. The van der Waals surface area contributed by atoms with Crippen molar-refractivity contribution in [2.75, 3.05) is 18.0 Å². The number of carboxylic acid groups (broad SMARTS) is 1. The van der Waals surface area contributed by atoms with Crippen LogP contribution in [0.4, 0.5) is 5.69 Å². The molecule has 4 rings (SSSR count). The molecule has 0 bridgehead atoms. The standard InChI is InChI=1S/C22H20Cl2N2O2/c1-13-4-6-16(14-5-7-17(23)18(24)11-14)20-19(8-9-25-21(13)20)26-10-2-3-15(12-26)22(27)28/h4-9,11,15H,2-3,10,12H2,1H3,(H,27,28). The van der Waals surface area contributed by atoms with Gasteiger partial charge in [-0.2, -0.15) is 0 Å². The highest BCUT2D eigenvalue weighted by Crippen LogP contribution is 2.39. The Morgan fingerprint density at radius 1 is 1.18 bits per heavy atom. The predicted octanol–water partition coefficient (Wildman–Crippen LogP) is 5.82. The molecule has 144 valence electrons. The monoisotopic (exact) mass is 414 g/mol. The van der Waals surface area contributed by atoms with Gasteiger partial charge >= 0.3 is 5.97 Å². The quantitative estimate of drug-likeness (QED) is 0.586. The molecule has 4 nitrogen and oxygen atoms in total. The summed E-state index contributed by atoms with van der Waals surface area (Å²) in [6.45, 7) is 3.37. The number of rotatable bonds is 3. The molecular formula is C22H20Cl2N2O2. The largest absolute Gasteiger partial charge is 0.481 e. The van der Waals surface area contributed by atoms with Crippen LogP contribution in [0.1, 0.15) is 18.4 Å². The maximum Gasteiger partial charge on any atom is 0.308 e. The number of aryl methyl sites for hydroxylation is 1. The maximum absolute atomic E-state index is 11.5. The van der Waals surface area contributed by atoms with Crippen molar-refractivity contribution in [2.24, 2.45) is 5.92 Å². The Morgan fingerprint density at radius 2 is 2.00 bits per heavy atom. The number of carboxylic acids is 1. The number of halogens is 2. The first kappa shape index (κ1) is 19.0. The molecule has 0 spiro atoms. The number of fused-ring (bicyclic) bond motifs is 1. The Labute approximate surface area is 173 Å². The number of aromatic nitrogens is 1. The van der Waals surface area contributed by atoms with Crippen molar-refractivity contribution in [1.82, 2.24) is 4.98 Å². The minimum atomic E-state index is -0.732. The molecule has 28 heavy (non-hydrogen) atoms. The summed E-state index contributed by atoms with van der Waals surface area (Å²) in [6.07, 6.45) is 3.37. The lowest BCUT2D eigenvalue weighted by Gasteiger charge is -2.33. The summed E-state index contributed by atoms with van der Waals surface area (Å²) in [6, 6.07) is 11.7. The Morgan fingerprint density at radius 3 is 2.75 bits per heavy atom. The van der Waals surface area contributed by atoms with Crippen LogP contribution >= 0.6 is 23.2 Å². The molecule has 6 heteroatoms. The zero-order valence-electron chi connectivity index (χ0n) is 15.5. The zero-order valence-corrected chi connectivity index (χ0v) is 17.0. The molecule has 1 aliphatic rings.